The van der Waals surface area contributed by atoms with Crippen LogP contribution in [0.4, 0.5) is 0 Å². The summed E-state index contributed by atoms with van der Waals surface area (Å²) in [6, 6.07) is 7.76. The maximum atomic E-state index is 12.0. The molecule has 1 aromatic heterocycles. The van der Waals surface area contributed by atoms with Crippen molar-refractivity contribution in [1.82, 2.24) is 21.2 Å². The number of aromatic amines is 1. The maximum Gasteiger partial charge on any atom is 0.255 e. The maximum absolute atomic E-state index is 12.0. The van der Waals surface area contributed by atoms with Crippen molar-refractivity contribution < 1.29 is 9.59 Å². The van der Waals surface area contributed by atoms with Crippen LogP contribution in [0.2, 0.25) is 0 Å². The molecule has 4 N–H and O–H groups in total. The van der Waals surface area contributed by atoms with E-state index in [1.165, 1.54) is 0 Å². The molecule has 20 heavy (non-hydrogen) atoms. The predicted molar refractivity (Wildman–Crippen MR) is 74.7 cm³/mol. The van der Waals surface area contributed by atoms with Crippen molar-refractivity contribution in [2.75, 3.05) is 0 Å². The Balaban J connectivity index is 1.93. The van der Waals surface area contributed by atoms with Gasteiger partial charge < -0.3 is 4.98 Å². The van der Waals surface area contributed by atoms with E-state index in [1.807, 2.05) is 25.1 Å². The molecular weight excluding hydrogens is 256 g/mol. The highest BCUT2D eigenvalue weighted by Crippen LogP contribution is 2.31. The number of H-pyrrole nitrogens is 1. The Morgan fingerprint density at radius 2 is 2.20 bits per heavy atom. The van der Waals surface area contributed by atoms with E-state index < -0.39 is 0 Å². The van der Waals surface area contributed by atoms with Gasteiger partial charge in [0.05, 0.1) is 6.04 Å². The average Bonchev–Trinajstić information content (AvgIpc) is 2.84. The van der Waals surface area contributed by atoms with Crippen LogP contribution in [0, 0.1) is 0 Å². The Morgan fingerprint density at radius 1 is 1.40 bits per heavy atom. The van der Waals surface area contributed by atoms with Gasteiger partial charge in [-0.1, -0.05) is 18.2 Å². The summed E-state index contributed by atoms with van der Waals surface area (Å²) in [6.07, 6.45) is 1.04. The van der Waals surface area contributed by atoms with Gasteiger partial charge in [-0.25, -0.2) is 0 Å². The van der Waals surface area contributed by atoms with Crippen molar-refractivity contribution >= 4 is 23.2 Å². The molecule has 2 amide bonds. The van der Waals surface area contributed by atoms with Gasteiger partial charge in [-0.3, -0.25) is 25.8 Å². The highest BCUT2D eigenvalue weighted by atomic mass is 16.2. The second kappa shape index (κ2) is 4.97. The summed E-state index contributed by atoms with van der Waals surface area (Å²) in [4.78, 5) is 25.6. The van der Waals surface area contributed by atoms with E-state index in [0.717, 1.165) is 22.2 Å². The van der Waals surface area contributed by atoms with Crippen LogP contribution in [0.25, 0.3) is 10.9 Å². The zero-order valence-electron chi connectivity index (χ0n) is 11.1. The fourth-order valence-corrected chi connectivity index (χ4v) is 2.81. The zero-order valence-corrected chi connectivity index (χ0v) is 11.1. The predicted octanol–water partition coefficient (Wildman–Crippen LogP) is 0.520. The fourth-order valence-electron chi connectivity index (χ4n) is 2.81. The number of hydrogen-bond acceptors (Lipinski definition) is 3. The van der Waals surface area contributed by atoms with E-state index in [1.54, 1.807) is 0 Å². The number of hydrogen-bond donors (Lipinski definition) is 4. The van der Waals surface area contributed by atoms with E-state index in [0.29, 0.717) is 12.8 Å². The number of aromatic nitrogens is 1. The van der Waals surface area contributed by atoms with Gasteiger partial charge in [0.15, 0.2) is 0 Å². The average molecular weight is 272 g/mol. The third-order valence-corrected chi connectivity index (χ3v) is 3.71. The van der Waals surface area contributed by atoms with Crippen LogP contribution in [0.15, 0.2) is 24.3 Å². The topological polar surface area (TPSA) is 86.0 Å². The lowest BCUT2D eigenvalue weighted by Crippen LogP contribution is -2.52. The molecule has 6 nitrogen and oxygen atoms in total. The summed E-state index contributed by atoms with van der Waals surface area (Å²) in [5.41, 5.74) is 7.92. The number of carbonyl (C=O) groups is 2. The summed E-state index contributed by atoms with van der Waals surface area (Å²) in [7, 11) is 0. The Morgan fingerprint density at radius 3 is 3.00 bits per heavy atom. The molecule has 104 valence electrons. The first-order valence-electron chi connectivity index (χ1n) is 6.55. The van der Waals surface area contributed by atoms with Crippen LogP contribution in [-0.2, 0) is 16.0 Å². The summed E-state index contributed by atoms with van der Waals surface area (Å²) < 4.78 is 0. The Hall–Kier alpha value is -2.34. The first kappa shape index (κ1) is 12.7. The van der Waals surface area contributed by atoms with Gasteiger partial charge >= 0.3 is 0 Å². The molecule has 1 aromatic carbocycles. The molecule has 0 spiro atoms. The van der Waals surface area contributed by atoms with Gasteiger partial charge in [0.2, 0.25) is 6.41 Å². The minimum atomic E-state index is -0.357. The molecule has 0 saturated carbocycles. The van der Waals surface area contributed by atoms with Crippen molar-refractivity contribution in [2.24, 2.45) is 0 Å². The number of fused-ring (bicyclic) bond motifs is 3. The number of rotatable bonds is 3. The summed E-state index contributed by atoms with van der Waals surface area (Å²) in [5.74, 6) is -0.236. The first-order valence-corrected chi connectivity index (χ1v) is 6.55. The van der Waals surface area contributed by atoms with Crippen molar-refractivity contribution in [2.45, 2.75) is 25.4 Å². The highest BCUT2D eigenvalue weighted by molar-refractivity contribution is 5.88. The molecular formula is C14H16N4O2. The summed E-state index contributed by atoms with van der Waals surface area (Å²) in [5, 5.41) is 4.39. The molecule has 2 aromatic rings. The molecule has 0 bridgehead atoms. The number of benzene rings is 1. The number of amides is 2. The number of hydrazine groups is 1. The fraction of sp³-hybridized carbons (Fsp3) is 0.286. The Bertz CT molecular complexity index is 664. The van der Waals surface area contributed by atoms with E-state index in [9.17, 15) is 9.59 Å². The Labute approximate surface area is 115 Å². The van der Waals surface area contributed by atoms with Crippen molar-refractivity contribution in [1.29, 1.82) is 0 Å². The molecule has 1 aliphatic heterocycles. The number of para-hydroxylation sites is 1. The van der Waals surface area contributed by atoms with Crippen LogP contribution in [0.1, 0.15) is 24.2 Å². The third kappa shape index (κ3) is 2.04. The minimum absolute atomic E-state index is 0.0538. The minimum Gasteiger partial charge on any atom is -0.357 e. The second-order valence-electron chi connectivity index (χ2n) is 4.96. The van der Waals surface area contributed by atoms with Crippen LogP contribution in [-0.4, -0.2) is 23.3 Å². The largest absolute Gasteiger partial charge is 0.357 e. The quantitative estimate of drug-likeness (QED) is 0.485. The van der Waals surface area contributed by atoms with Gasteiger partial charge in [-0.15, -0.1) is 0 Å². The van der Waals surface area contributed by atoms with Gasteiger partial charge in [0, 0.05) is 22.6 Å². The van der Waals surface area contributed by atoms with E-state index in [-0.39, 0.29) is 18.0 Å². The molecule has 0 aliphatic carbocycles. The molecule has 2 heterocycles. The second-order valence-corrected chi connectivity index (χ2v) is 4.96. The SMILES string of the molecule is C[C@@H]1N[C@H](C(=O)NNC=O)Cc2c1[nH]c1ccccc21. The van der Waals surface area contributed by atoms with E-state index in [2.05, 4.69) is 27.2 Å². The highest BCUT2D eigenvalue weighted by Gasteiger charge is 2.30. The number of carbonyl (C=O) groups excluding carboxylic acids is 2. The standard InChI is InChI=1S/C14H16N4O2/c1-8-13-10(9-4-2-3-5-11(9)17-13)6-12(16-8)14(20)18-15-7-19/h2-5,7-8,12,16-17H,6H2,1H3,(H,15,19)(H,18,20)/t8-,12-/m0/s1. The lowest BCUT2D eigenvalue weighted by atomic mass is 9.94. The normalized spacial score (nSPS) is 21.2. The third-order valence-electron chi connectivity index (χ3n) is 3.71. The van der Waals surface area contributed by atoms with Crippen molar-refractivity contribution in [3.63, 3.8) is 0 Å². The van der Waals surface area contributed by atoms with E-state index >= 15 is 0 Å². The van der Waals surface area contributed by atoms with Gasteiger partial charge in [-0.2, -0.15) is 0 Å². The zero-order chi connectivity index (χ0) is 14.1. The van der Waals surface area contributed by atoms with Gasteiger partial charge in [-0.05, 0) is 25.0 Å². The number of nitrogens with one attached hydrogen (secondary N) is 4. The van der Waals surface area contributed by atoms with Crippen LogP contribution >= 0.6 is 0 Å². The van der Waals surface area contributed by atoms with Crippen LogP contribution in [0.3, 0.4) is 0 Å². The molecule has 3 rings (SSSR count). The molecule has 0 unspecified atom stereocenters. The molecule has 0 saturated heterocycles. The first-order chi connectivity index (χ1) is 9.70. The van der Waals surface area contributed by atoms with Gasteiger partial charge in [0.25, 0.3) is 5.91 Å². The Kier molecular flexibility index (Phi) is 3.15. The lowest BCUT2D eigenvalue weighted by Gasteiger charge is -2.28. The van der Waals surface area contributed by atoms with Crippen LogP contribution < -0.4 is 16.2 Å². The van der Waals surface area contributed by atoms with Crippen molar-refractivity contribution in [3.8, 4) is 0 Å². The lowest BCUT2D eigenvalue weighted by molar-refractivity contribution is -0.126. The smallest absolute Gasteiger partial charge is 0.255 e. The molecule has 0 radical (unpaired) electrons. The van der Waals surface area contributed by atoms with E-state index in [4.69, 9.17) is 0 Å². The molecule has 2 atom stereocenters. The molecule has 0 fully saturated rings. The van der Waals surface area contributed by atoms with Crippen molar-refractivity contribution in [3.05, 3.63) is 35.5 Å². The monoisotopic (exact) mass is 272 g/mol. The molecule has 1 aliphatic rings. The van der Waals surface area contributed by atoms with Gasteiger partial charge in [0.1, 0.15) is 0 Å². The summed E-state index contributed by atoms with van der Waals surface area (Å²) >= 11 is 0. The molecule has 6 heteroatoms. The summed E-state index contributed by atoms with van der Waals surface area (Å²) in [6.45, 7) is 2.01. The van der Waals surface area contributed by atoms with Crippen LogP contribution in [0.5, 0.6) is 0 Å².